The number of anilines is 1. The summed E-state index contributed by atoms with van der Waals surface area (Å²) in [4.78, 5) is 2.37. The van der Waals surface area contributed by atoms with Crippen molar-refractivity contribution in [1.82, 2.24) is 0 Å². The van der Waals surface area contributed by atoms with Crippen LogP contribution in [0.15, 0.2) is 18.2 Å². The van der Waals surface area contributed by atoms with Gasteiger partial charge in [0.1, 0.15) is 6.07 Å². The van der Waals surface area contributed by atoms with Crippen molar-refractivity contribution in [3.8, 4) is 6.07 Å². The lowest BCUT2D eigenvalue weighted by Crippen LogP contribution is -2.38. The Bertz CT molecular complexity index is 444. The third kappa shape index (κ3) is 2.44. The van der Waals surface area contributed by atoms with Crippen LogP contribution in [-0.4, -0.2) is 13.1 Å². The first-order chi connectivity index (χ1) is 8.03. The summed E-state index contributed by atoms with van der Waals surface area (Å²) in [6, 6.07) is 8.29. The lowest BCUT2D eigenvalue weighted by Gasteiger charge is -2.39. The van der Waals surface area contributed by atoms with Crippen LogP contribution in [0.3, 0.4) is 0 Å². The first-order valence-corrected chi connectivity index (χ1v) is 6.28. The van der Waals surface area contributed by atoms with Gasteiger partial charge in [-0.15, -0.1) is 0 Å². The number of piperidine rings is 1. The van der Waals surface area contributed by atoms with Crippen molar-refractivity contribution < 1.29 is 0 Å². The summed E-state index contributed by atoms with van der Waals surface area (Å²) in [5, 5.41) is 9.20. The maximum absolute atomic E-state index is 9.20. The summed E-state index contributed by atoms with van der Waals surface area (Å²) in [5.74, 6) is 0. The van der Waals surface area contributed by atoms with Gasteiger partial charge in [0, 0.05) is 13.1 Å². The fourth-order valence-electron chi connectivity index (χ4n) is 2.50. The summed E-state index contributed by atoms with van der Waals surface area (Å²) in [6.07, 6.45) is 2.40. The molecule has 2 rings (SSSR count). The molecule has 2 heteroatoms. The number of aryl methyl sites for hydroxylation is 1. The van der Waals surface area contributed by atoms with Gasteiger partial charge in [0.25, 0.3) is 0 Å². The largest absolute Gasteiger partial charge is 0.370 e. The minimum absolute atomic E-state index is 0.450. The van der Waals surface area contributed by atoms with Crippen molar-refractivity contribution in [1.29, 1.82) is 5.26 Å². The molecule has 0 unspecified atom stereocenters. The fraction of sp³-hybridized carbons (Fsp3) is 0.533. The predicted octanol–water partition coefficient (Wildman–Crippen LogP) is 3.49. The Hall–Kier alpha value is -1.49. The summed E-state index contributed by atoms with van der Waals surface area (Å²) in [6.45, 7) is 8.87. The molecule has 2 nitrogen and oxygen atoms in total. The predicted molar refractivity (Wildman–Crippen MR) is 71.1 cm³/mol. The Balaban J connectivity index is 2.27. The Morgan fingerprint density at radius 1 is 1.24 bits per heavy atom. The second-order valence-corrected chi connectivity index (χ2v) is 5.73. The molecule has 0 N–H and O–H groups in total. The van der Waals surface area contributed by atoms with E-state index in [2.05, 4.69) is 37.8 Å². The normalized spacial score (nSPS) is 18.8. The monoisotopic (exact) mass is 228 g/mol. The molecule has 17 heavy (non-hydrogen) atoms. The molecule has 1 aliphatic heterocycles. The van der Waals surface area contributed by atoms with Gasteiger partial charge in [0.15, 0.2) is 0 Å². The van der Waals surface area contributed by atoms with Crippen molar-refractivity contribution in [2.75, 3.05) is 18.0 Å². The fourth-order valence-corrected chi connectivity index (χ4v) is 2.50. The second kappa shape index (κ2) is 4.41. The number of benzene rings is 1. The minimum Gasteiger partial charge on any atom is -0.370 e. The lowest BCUT2D eigenvalue weighted by atomic mass is 9.82. The summed E-state index contributed by atoms with van der Waals surface area (Å²) in [5.41, 5.74) is 3.62. The molecule has 0 radical (unpaired) electrons. The van der Waals surface area contributed by atoms with E-state index in [-0.39, 0.29) is 0 Å². The van der Waals surface area contributed by atoms with Gasteiger partial charge < -0.3 is 4.90 Å². The van der Waals surface area contributed by atoms with Crippen molar-refractivity contribution in [3.63, 3.8) is 0 Å². The third-order valence-electron chi connectivity index (χ3n) is 3.79. The first kappa shape index (κ1) is 12.0. The van der Waals surface area contributed by atoms with E-state index in [1.807, 2.05) is 12.1 Å². The van der Waals surface area contributed by atoms with Crippen molar-refractivity contribution in [3.05, 3.63) is 29.3 Å². The van der Waals surface area contributed by atoms with Gasteiger partial charge in [0.2, 0.25) is 0 Å². The Morgan fingerprint density at radius 3 is 2.47 bits per heavy atom. The van der Waals surface area contributed by atoms with Crippen LogP contribution in [0.2, 0.25) is 0 Å². The molecule has 1 saturated heterocycles. The summed E-state index contributed by atoms with van der Waals surface area (Å²) >= 11 is 0. The zero-order valence-corrected chi connectivity index (χ0v) is 11.0. The highest BCUT2D eigenvalue weighted by Gasteiger charge is 2.26. The van der Waals surface area contributed by atoms with Crippen LogP contribution in [0.5, 0.6) is 0 Å². The quantitative estimate of drug-likeness (QED) is 0.735. The van der Waals surface area contributed by atoms with Gasteiger partial charge in [-0.3, -0.25) is 0 Å². The van der Waals surface area contributed by atoms with Crippen LogP contribution in [0.25, 0.3) is 0 Å². The van der Waals surface area contributed by atoms with E-state index in [0.717, 1.165) is 24.3 Å². The molecule has 1 aliphatic rings. The molecule has 1 aromatic carbocycles. The summed E-state index contributed by atoms with van der Waals surface area (Å²) < 4.78 is 0. The minimum atomic E-state index is 0.450. The molecule has 0 atom stereocenters. The van der Waals surface area contributed by atoms with Gasteiger partial charge >= 0.3 is 0 Å². The maximum Gasteiger partial charge on any atom is 0.101 e. The maximum atomic E-state index is 9.20. The molecule has 0 aliphatic carbocycles. The summed E-state index contributed by atoms with van der Waals surface area (Å²) in [7, 11) is 0. The zero-order chi connectivity index (χ0) is 12.5. The highest BCUT2D eigenvalue weighted by Crippen LogP contribution is 2.34. The smallest absolute Gasteiger partial charge is 0.101 e. The van der Waals surface area contributed by atoms with E-state index >= 15 is 0 Å². The van der Waals surface area contributed by atoms with E-state index in [1.165, 1.54) is 18.4 Å². The Kier molecular flexibility index (Phi) is 3.11. The van der Waals surface area contributed by atoms with E-state index in [1.54, 1.807) is 0 Å². The van der Waals surface area contributed by atoms with E-state index in [0.29, 0.717) is 5.41 Å². The molecule has 0 amide bonds. The van der Waals surface area contributed by atoms with Gasteiger partial charge in [-0.2, -0.15) is 5.26 Å². The van der Waals surface area contributed by atoms with E-state index < -0.39 is 0 Å². The average molecular weight is 228 g/mol. The molecule has 0 spiro atoms. The van der Waals surface area contributed by atoms with Gasteiger partial charge in [-0.25, -0.2) is 0 Å². The first-order valence-electron chi connectivity index (χ1n) is 6.28. The van der Waals surface area contributed by atoms with Crippen molar-refractivity contribution in [2.24, 2.45) is 5.41 Å². The average Bonchev–Trinajstić information content (AvgIpc) is 2.29. The van der Waals surface area contributed by atoms with E-state index in [4.69, 9.17) is 0 Å². The van der Waals surface area contributed by atoms with Gasteiger partial charge in [-0.1, -0.05) is 26.0 Å². The van der Waals surface area contributed by atoms with Crippen LogP contribution in [-0.2, 0) is 0 Å². The van der Waals surface area contributed by atoms with E-state index in [9.17, 15) is 5.26 Å². The number of rotatable bonds is 1. The molecule has 90 valence electrons. The topological polar surface area (TPSA) is 27.0 Å². The highest BCUT2D eigenvalue weighted by molar-refractivity contribution is 5.64. The van der Waals surface area contributed by atoms with Crippen molar-refractivity contribution >= 4 is 5.69 Å². The van der Waals surface area contributed by atoms with Gasteiger partial charge in [0.05, 0.1) is 11.3 Å². The second-order valence-electron chi connectivity index (χ2n) is 5.73. The van der Waals surface area contributed by atoms with Crippen LogP contribution < -0.4 is 4.90 Å². The molecule has 1 aromatic rings. The lowest BCUT2D eigenvalue weighted by molar-refractivity contribution is 0.279. The Morgan fingerprint density at radius 2 is 1.88 bits per heavy atom. The van der Waals surface area contributed by atoms with Crippen LogP contribution in [0.4, 0.5) is 5.69 Å². The third-order valence-corrected chi connectivity index (χ3v) is 3.79. The molecule has 0 aromatic heterocycles. The van der Waals surface area contributed by atoms with Gasteiger partial charge in [-0.05, 0) is 36.8 Å². The van der Waals surface area contributed by atoms with Crippen LogP contribution >= 0.6 is 0 Å². The standard InChI is InChI=1S/C15H20N2/c1-12-5-4-6-13(11-16)14(12)17-9-7-15(2,3)8-10-17/h4-6H,7-10H2,1-3H3. The molecule has 0 saturated carbocycles. The molecule has 1 fully saturated rings. The number of hydrogen-bond acceptors (Lipinski definition) is 2. The zero-order valence-electron chi connectivity index (χ0n) is 11.0. The molecule has 1 heterocycles. The number of hydrogen-bond donors (Lipinski definition) is 0. The highest BCUT2D eigenvalue weighted by atomic mass is 15.1. The van der Waals surface area contributed by atoms with Crippen LogP contribution in [0, 0.1) is 23.7 Å². The number of nitrogens with zero attached hydrogens (tertiary/aromatic N) is 2. The SMILES string of the molecule is Cc1cccc(C#N)c1N1CCC(C)(C)CC1. The Labute approximate surface area is 104 Å². The molecule has 0 bridgehead atoms. The molecular weight excluding hydrogens is 208 g/mol. The number of nitriles is 1. The van der Waals surface area contributed by atoms with Crippen LogP contribution in [0.1, 0.15) is 37.8 Å². The van der Waals surface area contributed by atoms with Crippen molar-refractivity contribution in [2.45, 2.75) is 33.6 Å². The number of para-hydroxylation sites is 1. The molecular formula is C15H20N2.